The molecule has 1 fully saturated rings. The molecule has 0 unspecified atom stereocenters. The summed E-state index contributed by atoms with van der Waals surface area (Å²) in [6, 6.07) is 7.37. The molecule has 1 aliphatic heterocycles. The molecule has 0 saturated carbocycles. The maximum atomic E-state index is 12.6. The van der Waals surface area contributed by atoms with Crippen molar-refractivity contribution in [2.24, 2.45) is 0 Å². The summed E-state index contributed by atoms with van der Waals surface area (Å²) in [7, 11) is 1.62. The van der Waals surface area contributed by atoms with Crippen LogP contribution in [0.5, 0.6) is 5.75 Å². The lowest BCUT2D eigenvalue weighted by atomic mass is 10.1. The Morgan fingerprint density at radius 3 is 2.80 bits per heavy atom. The van der Waals surface area contributed by atoms with Crippen molar-refractivity contribution in [2.75, 3.05) is 33.3 Å². The number of benzene rings is 1. The summed E-state index contributed by atoms with van der Waals surface area (Å²) in [6.07, 6.45) is 2.20. The van der Waals surface area contributed by atoms with Crippen LogP contribution in [0.15, 0.2) is 29.6 Å². The summed E-state index contributed by atoms with van der Waals surface area (Å²) in [5, 5.41) is 3.39. The monoisotopic (exact) mass is 359 g/mol. The van der Waals surface area contributed by atoms with Gasteiger partial charge >= 0.3 is 0 Å². The molecule has 2 heterocycles. The third kappa shape index (κ3) is 4.58. The van der Waals surface area contributed by atoms with Crippen LogP contribution in [0.25, 0.3) is 0 Å². The molecule has 2 aromatic rings. The number of piperazine rings is 1. The molecular formula is C19H25N3O2S. The number of aromatic nitrogens is 1. The van der Waals surface area contributed by atoms with Crippen LogP contribution in [-0.2, 0) is 13.0 Å². The van der Waals surface area contributed by atoms with Crippen molar-refractivity contribution >= 4 is 17.2 Å². The first-order valence-electron chi connectivity index (χ1n) is 8.78. The molecule has 5 nitrogen and oxygen atoms in total. The lowest BCUT2D eigenvalue weighted by Crippen LogP contribution is -2.48. The highest BCUT2D eigenvalue weighted by atomic mass is 32.1. The van der Waals surface area contributed by atoms with Crippen LogP contribution in [0.4, 0.5) is 0 Å². The molecule has 1 aliphatic rings. The lowest BCUT2D eigenvalue weighted by Gasteiger charge is -2.34. The standard InChI is InChI=1S/C19H25N3O2S/c1-3-5-18-20-16(14-25-18)13-21-8-10-22(11-9-21)19(23)15-6-4-7-17(12-15)24-2/h4,6-7,12,14H,3,5,8-11,13H2,1-2H3. The number of hydrogen-bond donors (Lipinski definition) is 0. The van der Waals surface area contributed by atoms with Crippen molar-refractivity contribution in [1.82, 2.24) is 14.8 Å². The second-order valence-electron chi connectivity index (χ2n) is 6.28. The van der Waals surface area contributed by atoms with E-state index in [4.69, 9.17) is 9.72 Å². The number of nitrogens with zero attached hydrogens (tertiary/aromatic N) is 3. The van der Waals surface area contributed by atoms with Crippen molar-refractivity contribution in [3.8, 4) is 5.75 Å². The van der Waals surface area contributed by atoms with Crippen LogP contribution in [-0.4, -0.2) is 54.0 Å². The van der Waals surface area contributed by atoms with Gasteiger partial charge in [0.05, 0.1) is 17.8 Å². The Hall–Kier alpha value is -1.92. The molecule has 1 aromatic heterocycles. The number of methoxy groups -OCH3 is 1. The number of amides is 1. The second-order valence-corrected chi connectivity index (χ2v) is 7.23. The number of carbonyl (C=O) groups is 1. The average Bonchev–Trinajstić information content (AvgIpc) is 3.09. The molecule has 134 valence electrons. The first kappa shape index (κ1) is 17.9. The van der Waals surface area contributed by atoms with Gasteiger partial charge in [0.25, 0.3) is 5.91 Å². The first-order chi connectivity index (χ1) is 12.2. The van der Waals surface area contributed by atoms with E-state index in [1.165, 1.54) is 5.01 Å². The quantitative estimate of drug-likeness (QED) is 0.795. The molecule has 1 amide bonds. The maximum absolute atomic E-state index is 12.6. The normalized spacial score (nSPS) is 15.4. The largest absolute Gasteiger partial charge is 0.497 e. The van der Waals surface area contributed by atoms with Crippen LogP contribution in [0, 0.1) is 0 Å². The molecule has 0 spiro atoms. The lowest BCUT2D eigenvalue weighted by molar-refractivity contribution is 0.0627. The predicted octanol–water partition coefficient (Wildman–Crippen LogP) is 3.06. The van der Waals surface area contributed by atoms with E-state index in [-0.39, 0.29) is 5.91 Å². The fourth-order valence-corrected chi connectivity index (χ4v) is 3.92. The minimum Gasteiger partial charge on any atom is -0.497 e. The Kier molecular flexibility index (Phi) is 6.04. The van der Waals surface area contributed by atoms with Gasteiger partial charge in [-0.3, -0.25) is 9.69 Å². The van der Waals surface area contributed by atoms with Gasteiger partial charge in [-0.25, -0.2) is 4.98 Å². The van der Waals surface area contributed by atoms with Crippen LogP contribution in [0.1, 0.15) is 34.4 Å². The molecule has 0 bridgehead atoms. The van der Waals surface area contributed by atoms with Crippen molar-refractivity contribution in [1.29, 1.82) is 0 Å². The predicted molar refractivity (Wildman–Crippen MR) is 100 cm³/mol. The van der Waals surface area contributed by atoms with E-state index in [0.29, 0.717) is 5.56 Å². The Labute approximate surface area is 153 Å². The summed E-state index contributed by atoms with van der Waals surface area (Å²) < 4.78 is 5.21. The van der Waals surface area contributed by atoms with E-state index in [9.17, 15) is 4.79 Å². The number of rotatable bonds is 6. The Balaban J connectivity index is 1.53. The number of carbonyl (C=O) groups excluding carboxylic acids is 1. The highest BCUT2D eigenvalue weighted by molar-refractivity contribution is 7.09. The minimum atomic E-state index is 0.0810. The van der Waals surface area contributed by atoms with Crippen LogP contribution >= 0.6 is 11.3 Å². The van der Waals surface area contributed by atoms with E-state index in [1.54, 1.807) is 24.5 Å². The molecule has 25 heavy (non-hydrogen) atoms. The highest BCUT2D eigenvalue weighted by Crippen LogP contribution is 2.17. The minimum absolute atomic E-state index is 0.0810. The Morgan fingerprint density at radius 1 is 1.28 bits per heavy atom. The third-order valence-corrected chi connectivity index (χ3v) is 5.38. The fourth-order valence-electron chi connectivity index (χ4n) is 3.03. The highest BCUT2D eigenvalue weighted by Gasteiger charge is 2.22. The van der Waals surface area contributed by atoms with Gasteiger partial charge in [0.1, 0.15) is 5.75 Å². The van der Waals surface area contributed by atoms with E-state index in [0.717, 1.165) is 57.0 Å². The molecule has 0 N–H and O–H groups in total. The summed E-state index contributed by atoms with van der Waals surface area (Å²) in [5.74, 6) is 0.799. The fraction of sp³-hybridized carbons (Fsp3) is 0.474. The molecular weight excluding hydrogens is 334 g/mol. The third-order valence-electron chi connectivity index (χ3n) is 4.42. The van der Waals surface area contributed by atoms with Gasteiger partial charge in [-0.05, 0) is 31.0 Å². The second kappa shape index (κ2) is 8.45. The van der Waals surface area contributed by atoms with Crippen molar-refractivity contribution < 1.29 is 9.53 Å². The summed E-state index contributed by atoms with van der Waals surface area (Å²) >= 11 is 1.75. The molecule has 1 saturated heterocycles. The van der Waals surface area contributed by atoms with E-state index in [2.05, 4.69) is 17.2 Å². The van der Waals surface area contributed by atoms with Crippen molar-refractivity contribution in [3.05, 3.63) is 45.9 Å². The van der Waals surface area contributed by atoms with E-state index in [1.807, 2.05) is 23.1 Å². The molecule has 3 rings (SSSR count). The van der Waals surface area contributed by atoms with Gasteiger partial charge in [-0.1, -0.05) is 13.0 Å². The molecule has 0 aliphatic carbocycles. The number of aryl methyl sites for hydroxylation is 1. The maximum Gasteiger partial charge on any atom is 0.254 e. The smallest absolute Gasteiger partial charge is 0.254 e. The first-order valence-corrected chi connectivity index (χ1v) is 9.66. The molecule has 6 heteroatoms. The average molecular weight is 359 g/mol. The number of hydrogen-bond acceptors (Lipinski definition) is 5. The van der Waals surface area contributed by atoms with Gasteiger partial charge in [0.2, 0.25) is 0 Å². The van der Waals surface area contributed by atoms with E-state index < -0.39 is 0 Å². The zero-order chi connectivity index (χ0) is 17.6. The van der Waals surface area contributed by atoms with Crippen molar-refractivity contribution in [3.63, 3.8) is 0 Å². The van der Waals surface area contributed by atoms with Gasteiger partial charge in [-0.2, -0.15) is 0 Å². The van der Waals surface area contributed by atoms with Gasteiger partial charge in [0.15, 0.2) is 0 Å². The SMILES string of the molecule is CCCc1nc(CN2CCN(C(=O)c3cccc(OC)c3)CC2)cs1. The Morgan fingerprint density at radius 2 is 2.08 bits per heavy atom. The summed E-state index contributed by atoms with van der Waals surface area (Å²) in [6.45, 7) is 6.33. The number of ether oxygens (including phenoxy) is 1. The zero-order valence-electron chi connectivity index (χ0n) is 14.9. The van der Waals surface area contributed by atoms with Crippen LogP contribution < -0.4 is 4.74 Å². The van der Waals surface area contributed by atoms with Crippen molar-refractivity contribution in [2.45, 2.75) is 26.3 Å². The van der Waals surface area contributed by atoms with Crippen LogP contribution in [0.3, 0.4) is 0 Å². The summed E-state index contributed by atoms with van der Waals surface area (Å²) in [4.78, 5) is 21.6. The zero-order valence-corrected chi connectivity index (χ0v) is 15.7. The van der Waals surface area contributed by atoms with E-state index >= 15 is 0 Å². The Bertz CT molecular complexity index is 708. The number of thiazole rings is 1. The molecule has 0 radical (unpaired) electrons. The topological polar surface area (TPSA) is 45.7 Å². The van der Waals surface area contributed by atoms with Gasteiger partial charge < -0.3 is 9.64 Å². The molecule has 0 atom stereocenters. The van der Waals surface area contributed by atoms with Crippen LogP contribution in [0.2, 0.25) is 0 Å². The molecule has 1 aromatic carbocycles. The van der Waals surface area contributed by atoms with Gasteiger partial charge in [-0.15, -0.1) is 11.3 Å². The summed E-state index contributed by atoms with van der Waals surface area (Å²) in [5.41, 5.74) is 1.84. The van der Waals surface area contributed by atoms with Gasteiger partial charge in [0, 0.05) is 43.7 Å².